The summed E-state index contributed by atoms with van der Waals surface area (Å²) in [7, 11) is 0. The molecule has 1 aromatic carbocycles. The molecule has 1 rings (SSSR count). The van der Waals surface area contributed by atoms with E-state index >= 15 is 0 Å². The fourth-order valence-electron chi connectivity index (χ4n) is 1.39. The highest BCUT2D eigenvalue weighted by atomic mass is 16.5. The molecule has 0 fully saturated rings. The Labute approximate surface area is 120 Å². The maximum Gasteiger partial charge on any atom is 0.248 e. The number of allylic oxidation sites excluding steroid dienone is 1. The van der Waals surface area contributed by atoms with Crippen molar-refractivity contribution in [2.24, 2.45) is 5.41 Å². The molecule has 0 atom stereocenters. The smallest absolute Gasteiger partial charge is 0.248 e. The zero-order chi connectivity index (χ0) is 15.2. The largest absolute Gasteiger partial charge is 0.491 e. The highest BCUT2D eigenvalue weighted by Gasteiger charge is 2.13. The standard InChI is InChI=1S/C16H23NO3/c1-12(16(2,3)4)11-15(19)17-13-5-7-14(8-6-13)20-10-9-18/h5-8,11,18H,9-10H2,1-4H3,(H,17,19)/b12-11-. The molecule has 4 heteroatoms. The minimum atomic E-state index is -0.138. The van der Waals surface area contributed by atoms with Gasteiger partial charge in [0.05, 0.1) is 6.61 Å². The van der Waals surface area contributed by atoms with Crippen LogP contribution in [0.3, 0.4) is 0 Å². The lowest BCUT2D eigenvalue weighted by molar-refractivity contribution is -0.112. The second-order valence-electron chi connectivity index (χ2n) is 5.66. The van der Waals surface area contributed by atoms with Gasteiger partial charge in [-0.25, -0.2) is 0 Å². The summed E-state index contributed by atoms with van der Waals surface area (Å²) < 4.78 is 5.25. The van der Waals surface area contributed by atoms with Gasteiger partial charge in [0.2, 0.25) is 5.91 Å². The summed E-state index contributed by atoms with van der Waals surface area (Å²) in [6.45, 7) is 8.40. The molecule has 0 unspecified atom stereocenters. The van der Waals surface area contributed by atoms with Gasteiger partial charge in [-0.2, -0.15) is 0 Å². The maximum atomic E-state index is 11.9. The van der Waals surface area contributed by atoms with Crippen LogP contribution in [0, 0.1) is 5.41 Å². The molecular weight excluding hydrogens is 254 g/mol. The predicted molar refractivity (Wildman–Crippen MR) is 80.9 cm³/mol. The van der Waals surface area contributed by atoms with Gasteiger partial charge in [0, 0.05) is 11.8 Å². The fraction of sp³-hybridized carbons (Fsp3) is 0.438. The van der Waals surface area contributed by atoms with Crippen LogP contribution in [-0.2, 0) is 4.79 Å². The molecule has 1 aromatic rings. The van der Waals surface area contributed by atoms with Crippen LogP contribution < -0.4 is 10.1 Å². The molecule has 0 aliphatic heterocycles. The first-order valence-corrected chi connectivity index (χ1v) is 6.66. The lowest BCUT2D eigenvalue weighted by atomic mass is 9.87. The number of rotatable bonds is 5. The van der Waals surface area contributed by atoms with Crippen molar-refractivity contribution in [3.05, 3.63) is 35.9 Å². The molecule has 0 saturated carbocycles. The lowest BCUT2D eigenvalue weighted by Gasteiger charge is -2.19. The number of hydrogen-bond donors (Lipinski definition) is 2. The van der Waals surface area contributed by atoms with Gasteiger partial charge in [0.25, 0.3) is 0 Å². The van der Waals surface area contributed by atoms with Crippen LogP contribution in [0.25, 0.3) is 0 Å². The van der Waals surface area contributed by atoms with Gasteiger partial charge in [-0.15, -0.1) is 0 Å². The summed E-state index contributed by atoms with van der Waals surface area (Å²) >= 11 is 0. The molecule has 1 amide bonds. The Balaban J connectivity index is 2.63. The Morgan fingerprint density at radius 2 is 1.90 bits per heavy atom. The van der Waals surface area contributed by atoms with Crippen molar-refractivity contribution in [3.63, 3.8) is 0 Å². The maximum absolute atomic E-state index is 11.9. The topological polar surface area (TPSA) is 58.6 Å². The number of nitrogens with one attached hydrogen (secondary N) is 1. The summed E-state index contributed by atoms with van der Waals surface area (Å²) in [5.74, 6) is 0.528. The minimum Gasteiger partial charge on any atom is -0.491 e. The number of anilines is 1. The fourth-order valence-corrected chi connectivity index (χ4v) is 1.39. The van der Waals surface area contributed by atoms with Crippen molar-refractivity contribution in [1.82, 2.24) is 0 Å². The van der Waals surface area contributed by atoms with Crippen molar-refractivity contribution in [3.8, 4) is 5.75 Å². The molecule has 0 aromatic heterocycles. The van der Waals surface area contributed by atoms with E-state index in [9.17, 15) is 4.79 Å². The summed E-state index contributed by atoms with van der Waals surface area (Å²) in [5.41, 5.74) is 1.72. The molecule has 0 heterocycles. The second-order valence-corrected chi connectivity index (χ2v) is 5.66. The van der Waals surface area contributed by atoms with E-state index in [1.54, 1.807) is 30.3 Å². The van der Waals surface area contributed by atoms with E-state index in [1.807, 2.05) is 6.92 Å². The molecule has 20 heavy (non-hydrogen) atoms. The Hall–Kier alpha value is -1.81. The van der Waals surface area contributed by atoms with Crippen LogP contribution in [0.4, 0.5) is 5.69 Å². The van der Waals surface area contributed by atoms with Crippen molar-refractivity contribution < 1.29 is 14.6 Å². The van der Waals surface area contributed by atoms with Crippen LogP contribution in [0.15, 0.2) is 35.9 Å². The van der Waals surface area contributed by atoms with E-state index in [2.05, 4.69) is 26.1 Å². The number of benzene rings is 1. The first kappa shape index (κ1) is 16.2. The summed E-state index contributed by atoms with van der Waals surface area (Å²) in [4.78, 5) is 11.9. The van der Waals surface area contributed by atoms with Crippen LogP contribution in [0.5, 0.6) is 5.75 Å². The van der Waals surface area contributed by atoms with Gasteiger partial charge in [-0.3, -0.25) is 4.79 Å². The summed E-state index contributed by atoms with van der Waals surface area (Å²) in [5, 5.41) is 11.5. The summed E-state index contributed by atoms with van der Waals surface area (Å²) in [6, 6.07) is 7.05. The van der Waals surface area contributed by atoms with E-state index in [-0.39, 0.29) is 24.5 Å². The Bertz CT molecular complexity index is 469. The number of carbonyl (C=O) groups excluding carboxylic acids is 1. The number of carbonyl (C=O) groups is 1. The Morgan fingerprint density at radius 1 is 1.30 bits per heavy atom. The van der Waals surface area contributed by atoms with Gasteiger partial charge in [0.1, 0.15) is 12.4 Å². The normalized spacial score (nSPS) is 12.2. The van der Waals surface area contributed by atoms with E-state index in [4.69, 9.17) is 9.84 Å². The number of aliphatic hydroxyl groups is 1. The molecule has 0 radical (unpaired) electrons. The molecule has 0 aliphatic rings. The van der Waals surface area contributed by atoms with E-state index in [0.29, 0.717) is 11.4 Å². The molecule has 2 N–H and O–H groups in total. The molecule has 0 spiro atoms. The first-order chi connectivity index (χ1) is 9.32. The van der Waals surface area contributed by atoms with Crippen LogP contribution in [-0.4, -0.2) is 24.2 Å². The zero-order valence-electron chi connectivity index (χ0n) is 12.6. The second kappa shape index (κ2) is 7.10. The van der Waals surface area contributed by atoms with Crippen LogP contribution >= 0.6 is 0 Å². The number of ether oxygens (including phenoxy) is 1. The van der Waals surface area contributed by atoms with Crippen LogP contribution in [0.1, 0.15) is 27.7 Å². The van der Waals surface area contributed by atoms with E-state index in [0.717, 1.165) is 5.57 Å². The number of hydrogen-bond acceptors (Lipinski definition) is 3. The number of aliphatic hydroxyl groups excluding tert-OH is 1. The lowest BCUT2D eigenvalue weighted by Crippen LogP contribution is -2.13. The SMILES string of the molecule is C/C(=C/C(=O)Nc1ccc(OCCO)cc1)C(C)(C)C. The van der Waals surface area contributed by atoms with Gasteiger partial charge < -0.3 is 15.2 Å². The first-order valence-electron chi connectivity index (χ1n) is 6.66. The Morgan fingerprint density at radius 3 is 2.40 bits per heavy atom. The molecule has 4 nitrogen and oxygen atoms in total. The predicted octanol–water partition coefficient (Wildman–Crippen LogP) is 2.99. The summed E-state index contributed by atoms with van der Waals surface area (Å²) in [6.07, 6.45) is 1.62. The van der Waals surface area contributed by atoms with Gasteiger partial charge in [-0.1, -0.05) is 26.3 Å². The van der Waals surface area contributed by atoms with Crippen molar-refractivity contribution in [2.45, 2.75) is 27.7 Å². The van der Waals surface area contributed by atoms with Crippen molar-refractivity contribution in [2.75, 3.05) is 18.5 Å². The zero-order valence-corrected chi connectivity index (χ0v) is 12.6. The van der Waals surface area contributed by atoms with Crippen LogP contribution in [0.2, 0.25) is 0 Å². The molecule has 0 bridgehead atoms. The van der Waals surface area contributed by atoms with E-state index < -0.39 is 0 Å². The third-order valence-corrected chi connectivity index (χ3v) is 3.01. The van der Waals surface area contributed by atoms with Gasteiger partial charge in [-0.05, 0) is 36.6 Å². The molecule has 0 aliphatic carbocycles. The van der Waals surface area contributed by atoms with Gasteiger partial charge in [0.15, 0.2) is 0 Å². The van der Waals surface area contributed by atoms with E-state index in [1.165, 1.54) is 0 Å². The highest BCUT2D eigenvalue weighted by molar-refractivity contribution is 5.99. The quantitative estimate of drug-likeness (QED) is 0.813. The average molecular weight is 277 g/mol. The molecule has 0 saturated heterocycles. The minimum absolute atomic E-state index is 0.0146. The average Bonchev–Trinajstić information content (AvgIpc) is 2.36. The number of amides is 1. The third kappa shape index (κ3) is 5.45. The molecular formula is C16H23NO3. The van der Waals surface area contributed by atoms with Crippen molar-refractivity contribution >= 4 is 11.6 Å². The monoisotopic (exact) mass is 277 g/mol. The van der Waals surface area contributed by atoms with Crippen molar-refractivity contribution in [1.29, 1.82) is 0 Å². The molecule has 110 valence electrons. The van der Waals surface area contributed by atoms with Gasteiger partial charge >= 0.3 is 0 Å². The highest BCUT2D eigenvalue weighted by Crippen LogP contribution is 2.24. The third-order valence-electron chi connectivity index (χ3n) is 3.01. The Kier molecular flexibility index (Phi) is 5.77.